The van der Waals surface area contributed by atoms with Crippen LogP contribution < -0.4 is 5.32 Å². The second kappa shape index (κ2) is 9.96. The van der Waals surface area contributed by atoms with Crippen molar-refractivity contribution in [3.05, 3.63) is 59.7 Å². The molecule has 1 saturated heterocycles. The number of nitrogens with zero attached hydrogens (tertiary/aromatic N) is 1. The topological polar surface area (TPSA) is 78.9 Å². The lowest BCUT2D eigenvalue weighted by atomic mass is 9.98. The zero-order chi connectivity index (χ0) is 21.6. The lowest BCUT2D eigenvalue weighted by molar-refractivity contribution is -0.137. The second-order valence-electron chi connectivity index (χ2n) is 8.44. The zero-order valence-electron chi connectivity index (χ0n) is 17.8. The van der Waals surface area contributed by atoms with Crippen molar-refractivity contribution in [1.29, 1.82) is 0 Å². The van der Waals surface area contributed by atoms with Gasteiger partial charge < -0.3 is 20.1 Å². The van der Waals surface area contributed by atoms with Crippen molar-refractivity contribution in [3.63, 3.8) is 0 Å². The predicted octanol–water partition coefficient (Wildman–Crippen LogP) is 4.24. The molecule has 1 heterocycles. The number of carboxylic acid groups (broad SMARTS) is 1. The molecule has 0 saturated carbocycles. The van der Waals surface area contributed by atoms with E-state index in [9.17, 15) is 9.59 Å². The molecule has 0 radical (unpaired) electrons. The number of piperidine rings is 1. The van der Waals surface area contributed by atoms with Gasteiger partial charge in [0.05, 0.1) is 0 Å². The van der Waals surface area contributed by atoms with E-state index in [4.69, 9.17) is 9.84 Å². The maximum atomic E-state index is 12.4. The SMILES string of the molecule is O=C(O)CCCCN1CCC(NC(=O)OCC2c3ccccc3-c3ccccc32)CC1. The fraction of sp³-hybridized carbons (Fsp3) is 0.440. The highest BCUT2D eigenvalue weighted by molar-refractivity contribution is 5.79. The molecule has 6 heteroatoms. The van der Waals surface area contributed by atoms with Gasteiger partial charge in [0, 0.05) is 31.5 Å². The van der Waals surface area contributed by atoms with E-state index in [2.05, 4.69) is 34.5 Å². The van der Waals surface area contributed by atoms with Crippen molar-refractivity contribution in [1.82, 2.24) is 10.2 Å². The van der Waals surface area contributed by atoms with Gasteiger partial charge in [-0.05, 0) is 54.5 Å². The van der Waals surface area contributed by atoms with Crippen LogP contribution in [-0.4, -0.2) is 54.4 Å². The van der Waals surface area contributed by atoms with Gasteiger partial charge in [-0.3, -0.25) is 4.79 Å². The van der Waals surface area contributed by atoms with E-state index in [1.54, 1.807) is 0 Å². The first-order valence-corrected chi connectivity index (χ1v) is 11.2. The number of carbonyl (C=O) groups is 2. The second-order valence-corrected chi connectivity index (χ2v) is 8.44. The summed E-state index contributed by atoms with van der Waals surface area (Å²) in [7, 11) is 0. The smallest absolute Gasteiger partial charge is 0.407 e. The monoisotopic (exact) mass is 422 g/mol. The van der Waals surface area contributed by atoms with E-state index >= 15 is 0 Å². The molecule has 1 fully saturated rings. The first kappa shape index (κ1) is 21.4. The quantitative estimate of drug-likeness (QED) is 0.622. The maximum absolute atomic E-state index is 12.4. The predicted molar refractivity (Wildman–Crippen MR) is 119 cm³/mol. The van der Waals surface area contributed by atoms with Gasteiger partial charge in [0.2, 0.25) is 0 Å². The number of fused-ring (bicyclic) bond motifs is 3. The summed E-state index contributed by atoms with van der Waals surface area (Å²) in [5.41, 5.74) is 4.88. The molecule has 1 amide bonds. The van der Waals surface area contributed by atoms with Gasteiger partial charge in [-0.2, -0.15) is 0 Å². The fourth-order valence-electron chi connectivity index (χ4n) is 4.72. The van der Waals surface area contributed by atoms with Gasteiger partial charge in [0.25, 0.3) is 0 Å². The molecule has 6 nitrogen and oxygen atoms in total. The molecule has 2 aromatic carbocycles. The zero-order valence-corrected chi connectivity index (χ0v) is 17.8. The minimum absolute atomic E-state index is 0.0748. The van der Waals surface area contributed by atoms with Gasteiger partial charge in [-0.15, -0.1) is 0 Å². The molecule has 164 valence electrons. The molecule has 4 rings (SSSR count). The molecule has 2 N–H and O–H groups in total. The van der Waals surface area contributed by atoms with Gasteiger partial charge >= 0.3 is 12.1 Å². The number of benzene rings is 2. The first-order chi connectivity index (χ1) is 15.1. The molecule has 1 aliphatic carbocycles. The fourth-order valence-corrected chi connectivity index (χ4v) is 4.72. The summed E-state index contributed by atoms with van der Waals surface area (Å²) in [5, 5.41) is 11.7. The van der Waals surface area contributed by atoms with Crippen LogP contribution in [0.3, 0.4) is 0 Å². The number of unbranched alkanes of at least 4 members (excludes halogenated alkanes) is 1. The summed E-state index contributed by atoms with van der Waals surface area (Å²) in [4.78, 5) is 25.4. The number of nitrogens with one attached hydrogen (secondary N) is 1. The molecule has 2 aliphatic rings. The molecular weight excluding hydrogens is 392 g/mol. The Morgan fingerprint density at radius 1 is 0.968 bits per heavy atom. The van der Waals surface area contributed by atoms with Crippen molar-refractivity contribution >= 4 is 12.1 Å². The lowest BCUT2D eigenvalue weighted by Crippen LogP contribution is -2.45. The van der Waals surface area contributed by atoms with Gasteiger partial charge in [-0.25, -0.2) is 4.79 Å². The minimum atomic E-state index is -0.731. The van der Waals surface area contributed by atoms with Crippen LogP contribution in [0.15, 0.2) is 48.5 Å². The molecule has 1 aliphatic heterocycles. The Labute approximate surface area is 183 Å². The maximum Gasteiger partial charge on any atom is 0.407 e. The average molecular weight is 423 g/mol. The van der Waals surface area contributed by atoms with Crippen molar-refractivity contribution < 1.29 is 19.4 Å². The van der Waals surface area contributed by atoms with Crippen molar-refractivity contribution in [2.75, 3.05) is 26.2 Å². The number of rotatable bonds is 8. The molecule has 0 bridgehead atoms. The van der Waals surface area contributed by atoms with Crippen molar-refractivity contribution in [2.24, 2.45) is 0 Å². The average Bonchev–Trinajstić information content (AvgIpc) is 3.10. The van der Waals surface area contributed by atoms with Crippen LogP contribution in [0.5, 0.6) is 0 Å². The third kappa shape index (κ3) is 5.25. The molecular formula is C25H30N2O4. The molecule has 2 aromatic rings. The molecule has 0 aromatic heterocycles. The van der Waals surface area contributed by atoms with E-state index in [-0.39, 0.29) is 24.5 Å². The number of carboxylic acids is 1. The van der Waals surface area contributed by atoms with Crippen LogP contribution in [0.25, 0.3) is 11.1 Å². The van der Waals surface area contributed by atoms with Gasteiger partial charge in [0.15, 0.2) is 0 Å². The van der Waals surface area contributed by atoms with E-state index < -0.39 is 5.97 Å². The molecule has 0 spiro atoms. The lowest BCUT2D eigenvalue weighted by Gasteiger charge is -2.32. The third-order valence-electron chi connectivity index (χ3n) is 6.37. The molecule has 0 atom stereocenters. The number of alkyl carbamates (subject to hydrolysis) is 1. The van der Waals surface area contributed by atoms with Crippen molar-refractivity contribution in [3.8, 4) is 11.1 Å². The van der Waals surface area contributed by atoms with E-state index in [0.29, 0.717) is 13.0 Å². The number of carbonyl (C=O) groups excluding carboxylic acids is 1. The Kier molecular flexibility index (Phi) is 6.87. The Morgan fingerprint density at radius 2 is 1.58 bits per heavy atom. The number of aliphatic carboxylic acids is 1. The highest BCUT2D eigenvalue weighted by Gasteiger charge is 2.29. The third-order valence-corrected chi connectivity index (χ3v) is 6.37. The number of hydrogen-bond acceptors (Lipinski definition) is 4. The molecule has 0 unspecified atom stereocenters. The molecule has 31 heavy (non-hydrogen) atoms. The minimum Gasteiger partial charge on any atom is -0.481 e. The van der Waals surface area contributed by atoms with Crippen LogP contribution in [0.2, 0.25) is 0 Å². The van der Waals surface area contributed by atoms with Crippen LogP contribution in [0, 0.1) is 0 Å². The highest BCUT2D eigenvalue weighted by atomic mass is 16.5. The van der Waals surface area contributed by atoms with Crippen LogP contribution in [0.4, 0.5) is 4.79 Å². The Bertz CT molecular complexity index is 876. The van der Waals surface area contributed by atoms with E-state index in [1.165, 1.54) is 22.3 Å². The summed E-state index contributed by atoms with van der Waals surface area (Å²) >= 11 is 0. The largest absolute Gasteiger partial charge is 0.481 e. The highest BCUT2D eigenvalue weighted by Crippen LogP contribution is 2.44. The Hall–Kier alpha value is -2.86. The Morgan fingerprint density at radius 3 is 2.19 bits per heavy atom. The summed E-state index contributed by atoms with van der Waals surface area (Å²) in [6.45, 7) is 3.09. The number of hydrogen-bond donors (Lipinski definition) is 2. The first-order valence-electron chi connectivity index (χ1n) is 11.2. The summed E-state index contributed by atoms with van der Waals surface area (Å²) in [6.07, 6.45) is 3.29. The van der Waals surface area contributed by atoms with Crippen LogP contribution >= 0.6 is 0 Å². The number of likely N-dealkylation sites (tertiary alicyclic amines) is 1. The van der Waals surface area contributed by atoms with Crippen molar-refractivity contribution in [2.45, 2.75) is 44.1 Å². The summed E-state index contributed by atoms with van der Waals surface area (Å²) in [6, 6.07) is 16.8. The van der Waals surface area contributed by atoms with Crippen LogP contribution in [0.1, 0.15) is 49.1 Å². The summed E-state index contributed by atoms with van der Waals surface area (Å²) < 4.78 is 5.65. The Balaban J connectivity index is 1.22. The normalized spacial score (nSPS) is 16.5. The summed E-state index contributed by atoms with van der Waals surface area (Å²) in [5.74, 6) is -0.656. The number of amides is 1. The van der Waals surface area contributed by atoms with Gasteiger partial charge in [0.1, 0.15) is 6.61 Å². The van der Waals surface area contributed by atoms with Crippen LogP contribution in [-0.2, 0) is 9.53 Å². The van der Waals surface area contributed by atoms with E-state index in [0.717, 1.165) is 38.9 Å². The number of ether oxygens (including phenoxy) is 1. The van der Waals surface area contributed by atoms with Gasteiger partial charge in [-0.1, -0.05) is 48.5 Å². The van der Waals surface area contributed by atoms with E-state index in [1.807, 2.05) is 24.3 Å². The standard InChI is InChI=1S/C25H30N2O4/c28-24(29)11-5-6-14-27-15-12-18(13-16-27)26-25(30)31-17-23-21-9-3-1-7-19(21)20-8-2-4-10-22(20)23/h1-4,7-10,18,23H,5-6,11-17H2,(H,26,30)(H,28,29).